The van der Waals surface area contributed by atoms with Crippen molar-refractivity contribution in [3.8, 4) is 0 Å². The largest absolute Gasteiger partial charge is 0.352 e. The number of benzene rings is 1. The van der Waals surface area contributed by atoms with Gasteiger partial charge in [-0.1, -0.05) is 38.3 Å². The highest BCUT2D eigenvalue weighted by Crippen LogP contribution is 2.22. The summed E-state index contributed by atoms with van der Waals surface area (Å²) >= 11 is 0. The maximum absolute atomic E-state index is 11.8. The number of hydrogen-bond acceptors (Lipinski definition) is 2. The third-order valence-electron chi connectivity index (χ3n) is 3.61. The number of nitrogens with one attached hydrogen (secondary N) is 1. The average Bonchev–Trinajstić information content (AvgIpc) is 2.39. The number of fused-ring (bicyclic) bond motifs is 1. The molecule has 1 unspecified atom stereocenters. The van der Waals surface area contributed by atoms with Crippen LogP contribution in [0.4, 0.5) is 0 Å². The molecule has 3 nitrogen and oxygen atoms in total. The summed E-state index contributed by atoms with van der Waals surface area (Å²) in [6, 6.07) is 6.16. The molecule has 18 heavy (non-hydrogen) atoms. The molecule has 0 radical (unpaired) electrons. The molecule has 0 bridgehead atoms. The molecule has 2 rings (SSSR count). The van der Waals surface area contributed by atoms with Crippen molar-refractivity contribution in [2.45, 2.75) is 45.1 Å². The molecule has 1 aliphatic heterocycles. The van der Waals surface area contributed by atoms with Crippen molar-refractivity contribution >= 4 is 5.91 Å². The molecule has 0 saturated heterocycles. The van der Waals surface area contributed by atoms with Crippen LogP contribution in [0.5, 0.6) is 0 Å². The summed E-state index contributed by atoms with van der Waals surface area (Å²) in [6.45, 7) is 2.93. The van der Waals surface area contributed by atoms with Gasteiger partial charge in [-0.2, -0.15) is 0 Å². The zero-order valence-electron chi connectivity index (χ0n) is 11.0. The lowest BCUT2D eigenvalue weighted by molar-refractivity contribution is 0.0946. The lowest BCUT2D eigenvalue weighted by Gasteiger charge is -2.19. The van der Waals surface area contributed by atoms with E-state index in [4.69, 9.17) is 5.73 Å². The topological polar surface area (TPSA) is 55.1 Å². The van der Waals surface area contributed by atoms with Crippen molar-refractivity contribution in [3.63, 3.8) is 0 Å². The Bertz CT molecular complexity index is 429. The molecule has 98 valence electrons. The minimum Gasteiger partial charge on any atom is -0.352 e. The van der Waals surface area contributed by atoms with E-state index in [0.29, 0.717) is 0 Å². The lowest BCUT2D eigenvalue weighted by atomic mass is 9.93. The summed E-state index contributed by atoms with van der Waals surface area (Å²) in [5.41, 5.74) is 9.22. The number of nitrogens with two attached hydrogens (primary N) is 1. The van der Waals surface area contributed by atoms with Gasteiger partial charge in [0.1, 0.15) is 0 Å². The first-order chi connectivity index (χ1) is 8.72. The summed E-state index contributed by atoms with van der Waals surface area (Å²) in [7, 11) is 0. The second-order valence-electron chi connectivity index (χ2n) is 5.02. The number of rotatable bonds is 5. The van der Waals surface area contributed by atoms with Gasteiger partial charge >= 0.3 is 0 Å². The van der Waals surface area contributed by atoms with Gasteiger partial charge < -0.3 is 11.1 Å². The summed E-state index contributed by atoms with van der Waals surface area (Å²) in [4.78, 5) is 11.8. The Morgan fingerprint density at radius 2 is 2.22 bits per heavy atom. The number of carbonyl (C=O) groups is 1. The molecule has 0 fully saturated rings. The zero-order valence-corrected chi connectivity index (χ0v) is 11.0. The molecule has 1 aromatic carbocycles. The van der Waals surface area contributed by atoms with Crippen molar-refractivity contribution in [2.24, 2.45) is 5.73 Å². The molecule has 0 aromatic heterocycles. The Balaban J connectivity index is 2.10. The standard InChI is InChI=1S/C15H22N2O/c1-2-3-4-5-14(16)12-7-6-11-8-9-17-15(18)13(11)10-12/h6-7,10,14H,2-5,8-9,16H2,1H3,(H,17,18). The fourth-order valence-electron chi connectivity index (χ4n) is 2.44. The zero-order chi connectivity index (χ0) is 13.0. The fraction of sp³-hybridized carbons (Fsp3) is 0.533. The van der Waals surface area contributed by atoms with Crippen LogP contribution in [0, 0.1) is 0 Å². The Labute approximate surface area is 109 Å². The van der Waals surface area contributed by atoms with E-state index in [1.165, 1.54) is 12.8 Å². The molecule has 1 aliphatic rings. The quantitative estimate of drug-likeness (QED) is 0.784. The first-order valence-electron chi connectivity index (χ1n) is 6.89. The van der Waals surface area contributed by atoms with Gasteiger partial charge in [0.25, 0.3) is 5.91 Å². The minimum atomic E-state index is 0.0406. The van der Waals surface area contributed by atoms with Crippen LogP contribution in [0.15, 0.2) is 18.2 Å². The normalized spacial score (nSPS) is 16.0. The van der Waals surface area contributed by atoms with E-state index < -0.39 is 0 Å². The molecule has 3 N–H and O–H groups in total. The van der Waals surface area contributed by atoms with Gasteiger partial charge in [-0.25, -0.2) is 0 Å². The van der Waals surface area contributed by atoms with E-state index in [1.807, 2.05) is 6.07 Å². The number of amides is 1. The lowest BCUT2D eigenvalue weighted by Crippen LogP contribution is -2.32. The van der Waals surface area contributed by atoms with Crippen LogP contribution in [0.2, 0.25) is 0 Å². The predicted molar refractivity (Wildman–Crippen MR) is 73.5 cm³/mol. The van der Waals surface area contributed by atoms with Crippen LogP contribution >= 0.6 is 0 Å². The molecular weight excluding hydrogens is 224 g/mol. The Hall–Kier alpha value is -1.35. The summed E-state index contributed by atoms with van der Waals surface area (Å²) in [6.07, 6.45) is 5.50. The van der Waals surface area contributed by atoms with Gasteiger partial charge in [-0.3, -0.25) is 4.79 Å². The van der Waals surface area contributed by atoms with Crippen molar-refractivity contribution in [3.05, 3.63) is 34.9 Å². The third kappa shape index (κ3) is 2.91. The molecule has 1 amide bonds. The average molecular weight is 246 g/mol. The van der Waals surface area contributed by atoms with Crippen LogP contribution in [-0.2, 0) is 6.42 Å². The van der Waals surface area contributed by atoms with Crippen LogP contribution < -0.4 is 11.1 Å². The maximum Gasteiger partial charge on any atom is 0.251 e. The van der Waals surface area contributed by atoms with Crippen molar-refractivity contribution in [2.75, 3.05) is 6.54 Å². The highest BCUT2D eigenvalue weighted by atomic mass is 16.1. The van der Waals surface area contributed by atoms with Gasteiger partial charge in [0.15, 0.2) is 0 Å². The molecular formula is C15H22N2O. The van der Waals surface area contributed by atoms with Gasteiger partial charge in [-0.05, 0) is 30.0 Å². The van der Waals surface area contributed by atoms with E-state index in [-0.39, 0.29) is 11.9 Å². The van der Waals surface area contributed by atoms with Crippen molar-refractivity contribution < 1.29 is 4.79 Å². The molecule has 0 spiro atoms. The molecule has 1 atom stereocenters. The second kappa shape index (κ2) is 6.01. The van der Waals surface area contributed by atoms with Gasteiger partial charge in [-0.15, -0.1) is 0 Å². The predicted octanol–water partition coefficient (Wildman–Crippen LogP) is 2.55. The van der Waals surface area contributed by atoms with Crippen LogP contribution in [0.25, 0.3) is 0 Å². The van der Waals surface area contributed by atoms with Crippen LogP contribution in [-0.4, -0.2) is 12.5 Å². The van der Waals surface area contributed by atoms with E-state index in [0.717, 1.165) is 42.5 Å². The van der Waals surface area contributed by atoms with Crippen molar-refractivity contribution in [1.82, 2.24) is 5.32 Å². The Morgan fingerprint density at radius 1 is 1.39 bits per heavy atom. The summed E-state index contributed by atoms with van der Waals surface area (Å²) < 4.78 is 0. The monoisotopic (exact) mass is 246 g/mol. The van der Waals surface area contributed by atoms with Gasteiger partial charge in [0, 0.05) is 18.2 Å². The first-order valence-corrected chi connectivity index (χ1v) is 6.89. The van der Waals surface area contributed by atoms with Gasteiger partial charge in [0.05, 0.1) is 0 Å². The van der Waals surface area contributed by atoms with E-state index in [9.17, 15) is 4.79 Å². The number of carbonyl (C=O) groups excluding carboxylic acids is 1. The van der Waals surface area contributed by atoms with E-state index in [2.05, 4.69) is 24.4 Å². The Kier molecular flexibility index (Phi) is 4.37. The molecule has 1 heterocycles. The van der Waals surface area contributed by atoms with Crippen LogP contribution in [0.3, 0.4) is 0 Å². The van der Waals surface area contributed by atoms with Gasteiger partial charge in [0.2, 0.25) is 0 Å². The third-order valence-corrected chi connectivity index (χ3v) is 3.61. The fourth-order valence-corrected chi connectivity index (χ4v) is 2.44. The summed E-state index contributed by atoms with van der Waals surface area (Å²) in [5, 5.41) is 2.88. The maximum atomic E-state index is 11.8. The molecule has 1 aromatic rings. The van der Waals surface area contributed by atoms with Crippen molar-refractivity contribution in [1.29, 1.82) is 0 Å². The minimum absolute atomic E-state index is 0.0406. The first kappa shape index (κ1) is 13.1. The summed E-state index contributed by atoms with van der Waals surface area (Å²) in [5.74, 6) is 0.0406. The molecule has 0 aliphatic carbocycles. The SMILES string of the molecule is CCCCCC(N)c1ccc2c(c1)C(=O)NCC2. The van der Waals surface area contributed by atoms with Crippen LogP contribution in [0.1, 0.15) is 60.1 Å². The Morgan fingerprint density at radius 3 is 3.00 bits per heavy atom. The number of hydrogen-bond donors (Lipinski definition) is 2. The molecule has 0 saturated carbocycles. The van der Waals surface area contributed by atoms with E-state index in [1.54, 1.807) is 0 Å². The highest BCUT2D eigenvalue weighted by Gasteiger charge is 2.18. The van der Waals surface area contributed by atoms with E-state index >= 15 is 0 Å². The number of unbranched alkanes of at least 4 members (excludes halogenated alkanes) is 2. The highest BCUT2D eigenvalue weighted by molar-refractivity contribution is 5.96. The second-order valence-corrected chi connectivity index (χ2v) is 5.02. The smallest absolute Gasteiger partial charge is 0.251 e. The molecule has 3 heteroatoms.